The van der Waals surface area contributed by atoms with E-state index >= 15 is 0 Å². The Hall–Kier alpha value is -3.48. The predicted molar refractivity (Wildman–Crippen MR) is 131 cm³/mol. The summed E-state index contributed by atoms with van der Waals surface area (Å²) >= 11 is 12.3. The van der Waals surface area contributed by atoms with Gasteiger partial charge in [-0.3, -0.25) is 9.69 Å². The molecule has 0 radical (unpaired) electrons. The molecule has 33 heavy (non-hydrogen) atoms. The molecule has 4 rings (SSSR count). The van der Waals surface area contributed by atoms with Crippen molar-refractivity contribution in [3.05, 3.63) is 87.5 Å². The van der Waals surface area contributed by atoms with Gasteiger partial charge in [-0.15, -0.1) is 0 Å². The Morgan fingerprint density at radius 3 is 2.09 bits per heavy atom. The fourth-order valence-electron chi connectivity index (χ4n) is 3.50. The van der Waals surface area contributed by atoms with Crippen LogP contribution in [0, 0.1) is 0 Å². The third-order valence-electron chi connectivity index (χ3n) is 5.04. The number of carbonyl (C=O) groups is 1. The monoisotopic (exact) mass is 482 g/mol. The van der Waals surface area contributed by atoms with Gasteiger partial charge in [0, 0.05) is 5.56 Å². The number of halogens is 2. The van der Waals surface area contributed by atoms with E-state index in [1.807, 2.05) is 30.3 Å². The molecule has 0 saturated heterocycles. The predicted octanol–water partition coefficient (Wildman–Crippen LogP) is 5.85. The van der Waals surface area contributed by atoms with Crippen LogP contribution >= 0.6 is 23.2 Å². The van der Waals surface area contributed by atoms with Crippen molar-refractivity contribution in [1.29, 1.82) is 0 Å². The molecule has 1 aliphatic rings. The highest BCUT2D eigenvalue weighted by molar-refractivity contribution is 6.42. The molecular weight excluding hydrogens is 463 g/mol. The average Bonchev–Trinajstić information content (AvgIpc) is 3.16. The minimum Gasteiger partial charge on any atom is -0.493 e. The zero-order chi connectivity index (χ0) is 23.5. The van der Waals surface area contributed by atoms with Crippen molar-refractivity contribution in [3.8, 4) is 17.2 Å². The highest BCUT2D eigenvalue weighted by atomic mass is 35.5. The number of carbonyl (C=O) groups excluding carboxylic acids is 1. The van der Waals surface area contributed by atoms with Crippen LogP contribution in [0.4, 0.5) is 5.69 Å². The Balaban J connectivity index is 1.84. The number of rotatable bonds is 6. The van der Waals surface area contributed by atoms with Crippen LogP contribution in [0.2, 0.25) is 10.0 Å². The van der Waals surface area contributed by atoms with Gasteiger partial charge >= 0.3 is 0 Å². The molecule has 8 heteroatoms. The lowest BCUT2D eigenvalue weighted by atomic mass is 10.1. The van der Waals surface area contributed by atoms with Crippen LogP contribution in [0.25, 0.3) is 6.08 Å². The summed E-state index contributed by atoms with van der Waals surface area (Å²) in [4.78, 5) is 19.7. The molecule has 0 N–H and O–H groups in total. The minimum atomic E-state index is -0.305. The molecular formula is C25H20Cl2N2O4. The Kier molecular flexibility index (Phi) is 6.58. The fourth-order valence-corrected chi connectivity index (χ4v) is 3.80. The third kappa shape index (κ3) is 4.40. The van der Waals surface area contributed by atoms with E-state index in [0.717, 1.165) is 5.56 Å². The summed E-state index contributed by atoms with van der Waals surface area (Å²) in [6.07, 6.45) is 1.67. The number of ether oxygens (including phenoxy) is 3. The highest BCUT2D eigenvalue weighted by Crippen LogP contribution is 2.39. The molecule has 0 saturated carbocycles. The molecule has 0 spiro atoms. The van der Waals surface area contributed by atoms with E-state index in [1.165, 1.54) is 26.2 Å². The Bertz CT molecular complexity index is 1250. The van der Waals surface area contributed by atoms with Crippen LogP contribution in [-0.2, 0) is 4.79 Å². The van der Waals surface area contributed by atoms with Crippen LogP contribution in [0.3, 0.4) is 0 Å². The van der Waals surface area contributed by atoms with Gasteiger partial charge in [0.05, 0.1) is 37.1 Å². The maximum atomic E-state index is 13.5. The average molecular weight is 483 g/mol. The Labute approximate surface area is 201 Å². The largest absolute Gasteiger partial charge is 0.493 e. The second-order valence-electron chi connectivity index (χ2n) is 7.03. The van der Waals surface area contributed by atoms with E-state index < -0.39 is 0 Å². The SMILES string of the molecule is COc1cc(C=C2N=C(c3ccccc3)N(c3ccc(Cl)c(Cl)c3)C2=O)cc(OC)c1OC. The maximum Gasteiger partial charge on any atom is 0.282 e. The molecule has 168 valence electrons. The first kappa shape index (κ1) is 22.7. The smallest absolute Gasteiger partial charge is 0.282 e. The van der Waals surface area contributed by atoms with Gasteiger partial charge < -0.3 is 14.2 Å². The number of hydrogen-bond acceptors (Lipinski definition) is 5. The zero-order valence-electron chi connectivity index (χ0n) is 18.1. The number of amides is 1. The van der Waals surface area contributed by atoms with Gasteiger partial charge in [0.25, 0.3) is 5.91 Å². The van der Waals surface area contributed by atoms with E-state index in [0.29, 0.717) is 44.4 Å². The number of hydrogen-bond donors (Lipinski definition) is 0. The summed E-state index contributed by atoms with van der Waals surface area (Å²) in [7, 11) is 4.60. The molecule has 0 unspecified atom stereocenters. The summed E-state index contributed by atoms with van der Waals surface area (Å²) in [5, 5.41) is 0.745. The van der Waals surface area contributed by atoms with Crippen molar-refractivity contribution >= 4 is 46.7 Å². The van der Waals surface area contributed by atoms with Crippen molar-refractivity contribution < 1.29 is 19.0 Å². The van der Waals surface area contributed by atoms with E-state index in [9.17, 15) is 4.79 Å². The topological polar surface area (TPSA) is 60.4 Å². The van der Waals surface area contributed by atoms with Crippen molar-refractivity contribution in [2.24, 2.45) is 4.99 Å². The summed E-state index contributed by atoms with van der Waals surface area (Å²) in [5.41, 5.74) is 2.25. The lowest BCUT2D eigenvalue weighted by molar-refractivity contribution is -0.113. The lowest BCUT2D eigenvalue weighted by Crippen LogP contribution is -2.32. The highest BCUT2D eigenvalue weighted by Gasteiger charge is 2.33. The molecule has 1 heterocycles. The maximum absolute atomic E-state index is 13.5. The summed E-state index contributed by atoms with van der Waals surface area (Å²) < 4.78 is 16.2. The number of methoxy groups -OCH3 is 3. The molecule has 0 aliphatic carbocycles. The minimum absolute atomic E-state index is 0.245. The molecule has 0 atom stereocenters. The van der Waals surface area contributed by atoms with E-state index in [4.69, 9.17) is 37.4 Å². The van der Waals surface area contributed by atoms with Crippen molar-refractivity contribution in [1.82, 2.24) is 0 Å². The van der Waals surface area contributed by atoms with Crippen LogP contribution in [-0.4, -0.2) is 33.1 Å². The lowest BCUT2D eigenvalue weighted by Gasteiger charge is -2.19. The Morgan fingerprint density at radius 1 is 0.848 bits per heavy atom. The fraction of sp³-hybridized carbons (Fsp3) is 0.120. The zero-order valence-corrected chi connectivity index (χ0v) is 19.6. The van der Waals surface area contributed by atoms with Crippen molar-refractivity contribution in [3.63, 3.8) is 0 Å². The van der Waals surface area contributed by atoms with Crippen molar-refractivity contribution in [2.75, 3.05) is 26.2 Å². The van der Waals surface area contributed by atoms with Gasteiger partial charge in [-0.05, 0) is 42.0 Å². The van der Waals surface area contributed by atoms with E-state index in [-0.39, 0.29) is 11.6 Å². The van der Waals surface area contributed by atoms with Crippen molar-refractivity contribution in [2.45, 2.75) is 0 Å². The molecule has 6 nitrogen and oxygen atoms in total. The molecule has 3 aromatic rings. The summed E-state index contributed by atoms with van der Waals surface area (Å²) in [5.74, 6) is 1.59. The standard InChI is InChI=1S/C25H20Cl2N2O4/c1-31-21-12-15(13-22(32-2)23(21)33-3)11-20-25(30)29(17-9-10-18(26)19(27)14-17)24(28-20)16-7-5-4-6-8-16/h4-14H,1-3H3. The normalized spacial score (nSPS) is 14.5. The quantitative estimate of drug-likeness (QED) is 0.413. The van der Waals surface area contributed by atoms with E-state index in [1.54, 1.807) is 36.4 Å². The number of amidine groups is 1. The van der Waals surface area contributed by atoms with Crippen LogP contribution in [0.5, 0.6) is 17.2 Å². The van der Waals surface area contributed by atoms with Crippen LogP contribution < -0.4 is 19.1 Å². The second-order valence-corrected chi connectivity index (χ2v) is 7.84. The first-order valence-electron chi connectivity index (χ1n) is 9.92. The van der Waals surface area contributed by atoms with E-state index in [2.05, 4.69) is 4.99 Å². The molecule has 0 aromatic heterocycles. The number of benzene rings is 3. The van der Waals surface area contributed by atoms with Gasteiger partial charge in [-0.25, -0.2) is 4.99 Å². The van der Waals surface area contributed by atoms with Crippen LogP contribution in [0.15, 0.2) is 71.4 Å². The van der Waals surface area contributed by atoms with Gasteiger partial charge in [-0.1, -0.05) is 53.5 Å². The van der Waals surface area contributed by atoms with Gasteiger partial charge in [-0.2, -0.15) is 0 Å². The molecule has 1 aliphatic heterocycles. The third-order valence-corrected chi connectivity index (χ3v) is 5.78. The number of aliphatic imine (C=N–C) groups is 1. The van der Waals surface area contributed by atoms with Gasteiger partial charge in [0.2, 0.25) is 5.75 Å². The van der Waals surface area contributed by atoms with Gasteiger partial charge in [0.15, 0.2) is 11.5 Å². The van der Waals surface area contributed by atoms with Gasteiger partial charge in [0.1, 0.15) is 11.5 Å². The number of anilines is 1. The number of nitrogens with zero attached hydrogens (tertiary/aromatic N) is 2. The molecule has 1 amide bonds. The Morgan fingerprint density at radius 2 is 1.52 bits per heavy atom. The summed E-state index contributed by atoms with van der Waals surface area (Å²) in [6.45, 7) is 0. The molecule has 0 bridgehead atoms. The molecule has 3 aromatic carbocycles. The summed E-state index contributed by atoms with van der Waals surface area (Å²) in [6, 6.07) is 18.0. The first-order valence-corrected chi connectivity index (χ1v) is 10.7. The van der Waals surface area contributed by atoms with Crippen LogP contribution in [0.1, 0.15) is 11.1 Å². The first-order chi connectivity index (χ1) is 16.0. The second kappa shape index (κ2) is 9.57. The molecule has 0 fully saturated rings.